The minimum absolute atomic E-state index is 0.163. The van der Waals surface area contributed by atoms with Crippen molar-refractivity contribution in [2.75, 3.05) is 32.8 Å². The van der Waals surface area contributed by atoms with Crippen LogP contribution in [0.4, 0.5) is 5.69 Å². The Morgan fingerprint density at radius 1 is 1.10 bits per heavy atom. The van der Waals surface area contributed by atoms with Crippen LogP contribution >= 0.6 is 0 Å². The highest BCUT2D eigenvalue weighted by Gasteiger charge is 2.37. The van der Waals surface area contributed by atoms with Gasteiger partial charge in [-0.3, -0.25) is 9.69 Å². The van der Waals surface area contributed by atoms with Crippen molar-refractivity contribution in [3.63, 3.8) is 0 Å². The zero-order chi connectivity index (χ0) is 27.1. The van der Waals surface area contributed by atoms with Crippen LogP contribution in [0.2, 0.25) is 0 Å². The molecule has 1 aromatic heterocycles. The number of methoxy groups -OCH3 is 1. The summed E-state index contributed by atoms with van der Waals surface area (Å²) in [5.74, 6) is 2.82. The number of aromatic nitrogens is 4. The average molecular weight is 527 g/mol. The molecule has 0 unspecified atom stereocenters. The van der Waals surface area contributed by atoms with Crippen molar-refractivity contribution in [1.82, 2.24) is 25.1 Å². The molecule has 39 heavy (non-hydrogen) atoms. The molecule has 3 heterocycles. The summed E-state index contributed by atoms with van der Waals surface area (Å²) in [6, 6.07) is 16.9. The molecule has 0 aliphatic carbocycles. The molecule has 0 radical (unpaired) electrons. The molecule has 10 nitrogen and oxygen atoms in total. The Labute approximate surface area is 226 Å². The third-order valence-corrected chi connectivity index (χ3v) is 7.34. The topological polar surface area (TPSA) is 104 Å². The Hall–Kier alpha value is -4.44. The van der Waals surface area contributed by atoms with Gasteiger partial charge in [-0.05, 0) is 83.4 Å². The number of carbonyl (C=O) groups excluding carboxylic acids is 1. The smallest absolute Gasteiger partial charge is 0.255 e. The van der Waals surface area contributed by atoms with Crippen LogP contribution in [0.3, 0.4) is 0 Å². The summed E-state index contributed by atoms with van der Waals surface area (Å²) in [6.07, 6.45) is 0.834. The van der Waals surface area contributed by atoms with E-state index in [9.17, 15) is 4.79 Å². The normalized spacial score (nSPS) is 16.3. The highest BCUT2D eigenvalue weighted by molar-refractivity contribution is 6.04. The van der Waals surface area contributed by atoms with Crippen LogP contribution < -0.4 is 19.5 Å². The summed E-state index contributed by atoms with van der Waals surface area (Å²) in [7, 11) is 3.67. The molecule has 0 saturated heterocycles. The van der Waals surface area contributed by atoms with Gasteiger partial charge in [-0.2, -0.15) is 4.68 Å². The second kappa shape index (κ2) is 10.0. The van der Waals surface area contributed by atoms with Crippen molar-refractivity contribution in [3.8, 4) is 22.9 Å². The highest BCUT2D eigenvalue weighted by Crippen LogP contribution is 2.50. The molecular formula is C29H30N6O4. The van der Waals surface area contributed by atoms with Crippen molar-refractivity contribution in [2.24, 2.45) is 0 Å². The first-order valence-corrected chi connectivity index (χ1v) is 12.9. The number of tetrazole rings is 1. The molecule has 1 atom stereocenters. The van der Waals surface area contributed by atoms with Crippen LogP contribution in [0.25, 0.3) is 5.69 Å². The van der Waals surface area contributed by atoms with E-state index in [1.165, 1.54) is 5.56 Å². The maximum absolute atomic E-state index is 12.9. The molecule has 0 bridgehead atoms. The number of amides is 1. The van der Waals surface area contributed by atoms with Gasteiger partial charge in [0.25, 0.3) is 5.91 Å². The summed E-state index contributed by atoms with van der Waals surface area (Å²) in [5.41, 5.74) is 5.34. The van der Waals surface area contributed by atoms with Gasteiger partial charge < -0.3 is 19.5 Å². The minimum Gasteiger partial charge on any atom is -0.492 e. The van der Waals surface area contributed by atoms with Crippen LogP contribution in [0.1, 0.15) is 58.7 Å². The summed E-state index contributed by atoms with van der Waals surface area (Å²) in [5, 5.41) is 15.7. The zero-order valence-corrected chi connectivity index (χ0v) is 22.3. The van der Waals surface area contributed by atoms with Crippen molar-refractivity contribution >= 4 is 11.6 Å². The number of nitrogens with one attached hydrogen (secondary N) is 1. The first-order valence-electron chi connectivity index (χ1n) is 12.9. The van der Waals surface area contributed by atoms with Crippen molar-refractivity contribution in [2.45, 2.75) is 32.2 Å². The van der Waals surface area contributed by atoms with Crippen molar-refractivity contribution in [1.29, 1.82) is 0 Å². The van der Waals surface area contributed by atoms with Crippen LogP contribution in [0.5, 0.6) is 17.2 Å². The van der Waals surface area contributed by atoms with E-state index in [0.717, 1.165) is 35.5 Å². The van der Waals surface area contributed by atoms with Gasteiger partial charge in [0, 0.05) is 23.4 Å². The lowest BCUT2D eigenvalue weighted by atomic mass is 9.90. The Morgan fingerprint density at radius 2 is 1.87 bits per heavy atom. The van der Waals surface area contributed by atoms with Gasteiger partial charge in [-0.15, -0.1) is 5.10 Å². The quantitative estimate of drug-likeness (QED) is 0.396. The van der Waals surface area contributed by atoms with Crippen LogP contribution in [0, 0.1) is 0 Å². The molecule has 0 fully saturated rings. The molecule has 0 saturated carbocycles. The zero-order valence-electron chi connectivity index (χ0n) is 22.3. The molecule has 10 heteroatoms. The number of anilines is 1. The summed E-state index contributed by atoms with van der Waals surface area (Å²) < 4.78 is 18.9. The predicted molar refractivity (Wildman–Crippen MR) is 145 cm³/mol. The maximum atomic E-state index is 12.9. The second-order valence-corrected chi connectivity index (χ2v) is 10.1. The number of likely N-dealkylation sites (N-methyl/N-ethyl adjacent to an activating group) is 1. The molecule has 0 spiro atoms. The Balaban J connectivity index is 1.29. The SMILES string of the molecule is COc1c2c(cc3c1[C@H](c1nnnn1-c1ccc(C(=O)Nc4ccc(C(C)C)cc4)cc1)N(C)CC3)OCO2. The number of ether oxygens (including phenoxy) is 3. The summed E-state index contributed by atoms with van der Waals surface area (Å²) in [6.45, 7) is 5.25. The second-order valence-electron chi connectivity index (χ2n) is 10.1. The number of nitrogens with zero attached hydrogens (tertiary/aromatic N) is 5. The lowest BCUT2D eigenvalue weighted by Crippen LogP contribution is -2.35. The molecule has 2 aliphatic heterocycles. The first-order chi connectivity index (χ1) is 18.9. The molecule has 2 aliphatic rings. The lowest BCUT2D eigenvalue weighted by Gasteiger charge is -2.34. The molecule has 4 aromatic rings. The lowest BCUT2D eigenvalue weighted by molar-refractivity contribution is 0.102. The van der Waals surface area contributed by atoms with E-state index in [4.69, 9.17) is 14.2 Å². The Bertz CT molecular complexity index is 1510. The van der Waals surface area contributed by atoms with E-state index in [0.29, 0.717) is 34.6 Å². The van der Waals surface area contributed by atoms with E-state index >= 15 is 0 Å². The molecule has 6 rings (SSSR count). The predicted octanol–water partition coefficient (Wildman–Crippen LogP) is 4.35. The van der Waals surface area contributed by atoms with E-state index in [1.54, 1.807) is 23.9 Å². The average Bonchev–Trinajstić information content (AvgIpc) is 3.62. The van der Waals surface area contributed by atoms with Gasteiger partial charge in [0.05, 0.1) is 12.8 Å². The largest absolute Gasteiger partial charge is 0.492 e. The number of rotatable bonds is 6. The number of fused-ring (bicyclic) bond motifs is 2. The molecular weight excluding hydrogens is 496 g/mol. The number of hydrogen-bond donors (Lipinski definition) is 1. The van der Waals surface area contributed by atoms with Gasteiger partial charge >= 0.3 is 0 Å². The fraction of sp³-hybridized carbons (Fsp3) is 0.310. The van der Waals surface area contributed by atoms with Gasteiger partial charge in [0.1, 0.15) is 6.04 Å². The molecule has 1 amide bonds. The minimum atomic E-state index is -0.273. The van der Waals surface area contributed by atoms with Gasteiger partial charge in [0.2, 0.25) is 12.5 Å². The fourth-order valence-electron chi connectivity index (χ4n) is 5.22. The number of carbonyl (C=O) groups is 1. The summed E-state index contributed by atoms with van der Waals surface area (Å²) >= 11 is 0. The van der Waals surface area contributed by atoms with E-state index in [1.807, 2.05) is 49.5 Å². The third kappa shape index (κ3) is 4.46. The highest BCUT2D eigenvalue weighted by atomic mass is 16.7. The molecule has 3 aromatic carbocycles. The van der Waals surface area contributed by atoms with Gasteiger partial charge in [-0.25, -0.2) is 0 Å². The number of benzene rings is 3. The van der Waals surface area contributed by atoms with Crippen molar-refractivity contribution < 1.29 is 19.0 Å². The summed E-state index contributed by atoms with van der Waals surface area (Å²) in [4.78, 5) is 15.1. The van der Waals surface area contributed by atoms with Gasteiger partial charge in [-0.1, -0.05) is 26.0 Å². The fourth-order valence-corrected chi connectivity index (χ4v) is 5.22. The van der Waals surface area contributed by atoms with E-state index in [-0.39, 0.29) is 18.7 Å². The van der Waals surface area contributed by atoms with Crippen LogP contribution in [-0.4, -0.2) is 58.5 Å². The van der Waals surface area contributed by atoms with Gasteiger partial charge in [0.15, 0.2) is 17.3 Å². The van der Waals surface area contributed by atoms with Crippen LogP contribution in [-0.2, 0) is 6.42 Å². The van der Waals surface area contributed by atoms with Crippen molar-refractivity contribution in [3.05, 3.63) is 82.7 Å². The van der Waals surface area contributed by atoms with E-state index < -0.39 is 0 Å². The third-order valence-electron chi connectivity index (χ3n) is 7.34. The maximum Gasteiger partial charge on any atom is 0.255 e. The molecule has 200 valence electrons. The first kappa shape index (κ1) is 24.9. The standard InChI is InChI=1S/C29H30N6O4/c1-17(2)18-5-9-21(10-6-18)30-29(36)19-7-11-22(12-8-19)35-28(31-32-33-35)25-24-20(13-14-34(25)3)15-23-26(27(24)37-4)39-16-38-23/h5-12,15,17,25H,13-14,16H2,1-4H3,(H,30,36)/t25-/m1/s1. The molecule has 1 N–H and O–H groups in total. The van der Waals surface area contributed by atoms with E-state index in [2.05, 4.69) is 39.6 Å². The monoisotopic (exact) mass is 526 g/mol. The number of hydrogen-bond acceptors (Lipinski definition) is 8. The Morgan fingerprint density at radius 3 is 2.59 bits per heavy atom. The van der Waals surface area contributed by atoms with Crippen LogP contribution in [0.15, 0.2) is 54.6 Å². The Kier molecular flexibility index (Phi) is 6.40.